The lowest BCUT2D eigenvalue weighted by atomic mass is 10.2. The van der Waals surface area contributed by atoms with E-state index in [-0.39, 0.29) is 6.04 Å². The number of aromatic nitrogens is 1. The number of anilines is 1. The van der Waals surface area contributed by atoms with Crippen molar-refractivity contribution in [2.75, 3.05) is 18.5 Å². The van der Waals surface area contributed by atoms with Crippen molar-refractivity contribution >= 4 is 17.6 Å². The summed E-state index contributed by atoms with van der Waals surface area (Å²) in [6.45, 7) is 2.86. The molecule has 0 aliphatic carbocycles. The highest BCUT2D eigenvalue weighted by Crippen LogP contribution is 2.29. The van der Waals surface area contributed by atoms with Gasteiger partial charge in [-0.15, -0.1) is 0 Å². The number of hydrogen-bond donors (Lipinski definition) is 1. The Balaban J connectivity index is 2.15. The molecular formula is C11H17N3S. The van der Waals surface area contributed by atoms with E-state index in [9.17, 15) is 0 Å². The van der Waals surface area contributed by atoms with Gasteiger partial charge in [0.1, 0.15) is 5.82 Å². The minimum Gasteiger partial charge on any atom is -0.358 e. The Bertz CT molecular complexity index is 352. The van der Waals surface area contributed by atoms with Crippen LogP contribution < -0.4 is 10.6 Å². The molecule has 4 heteroatoms. The zero-order valence-electron chi connectivity index (χ0n) is 9.23. The molecule has 0 saturated carbocycles. The van der Waals surface area contributed by atoms with Crippen molar-refractivity contribution < 1.29 is 0 Å². The lowest BCUT2D eigenvalue weighted by Gasteiger charge is -2.20. The van der Waals surface area contributed by atoms with E-state index in [1.165, 1.54) is 11.3 Å². The van der Waals surface area contributed by atoms with Crippen LogP contribution in [0.15, 0.2) is 12.1 Å². The lowest BCUT2D eigenvalue weighted by molar-refractivity contribution is 0.711. The molecule has 1 aromatic heterocycles. The van der Waals surface area contributed by atoms with E-state index in [1.807, 2.05) is 25.7 Å². The van der Waals surface area contributed by atoms with Crippen LogP contribution in [-0.4, -0.2) is 24.6 Å². The number of rotatable bonds is 3. The van der Waals surface area contributed by atoms with Gasteiger partial charge in [0.2, 0.25) is 0 Å². The number of nitrogens with two attached hydrogens (primary N) is 1. The van der Waals surface area contributed by atoms with Gasteiger partial charge in [-0.25, -0.2) is 4.98 Å². The van der Waals surface area contributed by atoms with Gasteiger partial charge in [0.15, 0.2) is 0 Å². The van der Waals surface area contributed by atoms with Crippen molar-refractivity contribution in [3.05, 3.63) is 23.4 Å². The van der Waals surface area contributed by atoms with E-state index in [2.05, 4.69) is 22.0 Å². The first kappa shape index (κ1) is 10.8. The predicted octanol–water partition coefficient (Wildman–Crippen LogP) is 1.61. The van der Waals surface area contributed by atoms with Crippen molar-refractivity contribution in [3.8, 4) is 0 Å². The molecule has 0 radical (unpaired) electrons. The maximum absolute atomic E-state index is 5.77. The van der Waals surface area contributed by atoms with E-state index < -0.39 is 0 Å². The first-order valence-corrected chi connectivity index (χ1v) is 6.35. The highest BCUT2D eigenvalue weighted by molar-refractivity contribution is 7.98. The molecule has 82 valence electrons. The molecule has 1 aliphatic heterocycles. The molecule has 1 aromatic rings. The second-order valence-electron chi connectivity index (χ2n) is 4.13. The van der Waals surface area contributed by atoms with E-state index >= 15 is 0 Å². The maximum Gasteiger partial charge on any atom is 0.128 e. The number of fused-ring (bicyclic) bond motifs is 1. The predicted molar refractivity (Wildman–Crippen MR) is 66.2 cm³/mol. The Morgan fingerprint density at radius 1 is 1.53 bits per heavy atom. The van der Waals surface area contributed by atoms with Crippen molar-refractivity contribution in [2.24, 2.45) is 5.73 Å². The van der Waals surface area contributed by atoms with Crippen molar-refractivity contribution in [3.63, 3.8) is 0 Å². The third-order valence-corrected chi connectivity index (χ3v) is 3.50. The van der Waals surface area contributed by atoms with Crippen molar-refractivity contribution in [1.82, 2.24) is 4.98 Å². The van der Waals surface area contributed by atoms with Crippen LogP contribution in [0.5, 0.6) is 0 Å². The summed E-state index contributed by atoms with van der Waals surface area (Å²) in [5.74, 6) is 3.20. The molecule has 2 N–H and O–H groups in total. The highest BCUT2D eigenvalue weighted by Gasteiger charge is 2.14. The van der Waals surface area contributed by atoms with Gasteiger partial charge in [-0.1, -0.05) is 6.07 Å². The Kier molecular flexibility index (Phi) is 3.17. The summed E-state index contributed by atoms with van der Waals surface area (Å²) in [4.78, 5) is 6.77. The van der Waals surface area contributed by atoms with Gasteiger partial charge in [-0.05, 0) is 18.6 Å². The minimum atomic E-state index is 0.180. The summed E-state index contributed by atoms with van der Waals surface area (Å²) in [5.41, 5.74) is 8.40. The van der Waals surface area contributed by atoms with Gasteiger partial charge in [0, 0.05) is 31.1 Å². The second kappa shape index (κ2) is 4.41. The van der Waals surface area contributed by atoms with Crippen LogP contribution in [0, 0.1) is 0 Å². The van der Waals surface area contributed by atoms with Crippen molar-refractivity contribution in [1.29, 1.82) is 0 Å². The molecule has 1 atom stereocenters. The molecule has 0 saturated heterocycles. The molecule has 0 aromatic carbocycles. The first-order valence-electron chi connectivity index (χ1n) is 5.20. The normalized spacial score (nSPS) is 16.2. The quantitative estimate of drug-likeness (QED) is 0.845. The molecule has 0 bridgehead atoms. The van der Waals surface area contributed by atoms with E-state index in [0.29, 0.717) is 0 Å². The van der Waals surface area contributed by atoms with Crippen LogP contribution in [0.1, 0.15) is 18.2 Å². The standard InChI is InChI=1S/C11H17N3S/c1-8(12)5-14(2)11-4-3-9-6-15-7-10(9)13-11/h3-4,8H,5-7,12H2,1-2H3. The van der Waals surface area contributed by atoms with Gasteiger partial charge in [0.25, 0.3) is 0 Å². The molecule has 15 heavy (non-hydrogen) atoms. The van der Waals surface area contributed by atoms with Crippen LogP contribution in [0.3, 0.4) is 0 Å². The number of pyridine rings is 1. The minimum absolute atomic E-state index is 0.180. The second-order valence-corrected chi connectivity index (χ2v) is 5.11. The summed E-state index contributed by atoms with van der Waals surface area (Å²) < 4.78 is 0. The van der Waals surface area contributed by atoms with E-state index in [1.54, 1.807) is 0 Å². The van der Waals surface area contributed by atoms with Gasteiger partial charge in [-0.2, -0.15) is 11.8 Å². The molecule has 1 unspecified atom stereocenters. The monoisotopic (exact) mass is 223 g/mol. The van der Waals surface area contributed by atoms with Gasteiger partial charge in [0.05, 0.1) is 5.69 Å². The number of nitrogens with zero attached hydrogens (tertiary/aromatic N) is 2. The lowest BCUT2D eigenvalue weighted by Crippen LogP contribution is -2.33. The van der Waals surface area contributed by atoms with Crippen LogP contribution in [0.25, 0.3) is 0 Å². The summed E-state index contributed by atoms with van der Waals surface area (Å²) in [7, 11) is 2.04. The summed E-state index contributed by atoms with van der Waals surface area (Å²) in [6.07, 6.45) is 0. The SMILES string of the molecule is CC(N)CN(C)c1ccc2c(n1)CSC2. The van der Waals surface area contributed by atoms with Gasteiger partial charge < -0.3 is 10.6 Å². The number of thioether (sulfide) groups is 1. The average molecular weight is 223 g/mol. The first-order chi connectivity index (χ1) is 7.16. The Hall–Kier alpha value is -0.740. The molecule has 2 rings (SSSR count). The van der Waals surface area contributed by atoms with E-state index in [0.717, 1.165) is 23.9 Å². The maximum atomic E-state index is 5.77. The Morgan fingerprint density at radius 2 is 2.33 bits per heavy atom. The van der Waals surface area contributed by atoms with Crippen LogP contribution in [0.2, 0.25) is 0 Å². The van der Waals surface area contributed by atoms with Crippen LogP contribution in [0.4, 0.5) is 5.82 Å². The molecule has 3 nitrogen and oxygen atoms in total. The molecule has 1 aliphatic rings. The van der Waals surface area contributed by atoms with Crippen molar-refractivity contribution in [2.45, 2.75) is 24.5 Å². The molecule has 2 heterocycles. The molecule has 0 fully saturated rings. The number of likely N-dealkylation sites (N-methyl/N-ethyl adjacent to an activating group) is 1. The van der Waals surface area contributed by atoms with E-state index in [4.69, 9.17) is 5.73 Å². The fraction of sp³-hybridized carbons (Fsp3) is 0.545. The largest absolute Gasteiger partial charge is 0.358 e. The third-order valence-electron chi connectivity index (χ3n) is 2.50. The zero-order valence-corrected chi connectivity index (χ0v) is 10.0. The molecule has 0 amide bonds. The molecular weight excluding hydrogens is 206 g/mol. The number of hydrogen-bond acceptors (Lipinski definition) is 4. The Morgan fingerprint density at radius 3 is 3.07 bits per heavy atom. The fourth-order valence-electron chi connectivity index (χ4n) is 1.77. The summed E-state index contributed by atoms with van der Waals surface area (Å²) in [6, 6.07) is 4.46. The van der Waals surface area contributed by atoms with Gasteiger partial charge >= 0.3 is 0 Å². The van der Waals surface area contributed by atoms with Crippen LogP contribution >= 0.6 is 11.8 Å². The summed E-state index contributed by atoms with van der Waals surface area (Å²) >= 11 is 1.93. The summed E-state index contributed by atoms with van der Waals surface area (Å²) in [5, 5.41) is 0. The topological polar surface area (TPSA) is 42.1 Å². The van der Waals surface area contributed by atoms with Crippen LogP contribution in [-0.2, 0) is 11.5 Å². The third kappa shape index (κ3) is 2.44. The van der Waals surface area contributed by atoms with Gasteiger partial charge in [-0.3, -0.25) is 0 Å². The highest BCUT2D eigenvalue weighted by atomic mass is 32.2. The zero-order chi connectivity index (χ0) is 10.8. The smallest absolute Gasteiger partial charge is 0.128 e. The average Bonchev–Trinajstić information content (AvgIpc) is 2.62. The Labute approximate surface area is 95.1 Å². The molecule has 0 spiro atoms. The fourth-order valence-corrected chi connectivity index (χ4v) is 2.80.